The van der Waals surface area contributed by atoms with E-state index >= 15 is 0 Å². The number of hydrogen-bond donors (Lipinski definition) is 0. The molecule has 18 heavy (non-hydrogen) atoms. The van der Waals surface area contributed by atoms with Crippen molar-refractivity contribution in [3.8, 4) is 0 Å². The van der Waals surface area contributed by atoms with Crippen LogP contribution in [0.25, 0.3) is 0 Å². The van der Waals surface area contributed by atoms with Crippen LogP contribution in [0.5, 0.6) is 0 Å². The molecule has 0 radical (unpaired) electrons. The summed E-state index contributed by atoms with van der Waals surface area (Å²) in [6.07, 6.45) is 2.37. The molecular weight excluding hydrogens is 232 g/mol. The lowest BCUT2D eigenvalue weighted by atomic mass is 9.96. The molecule has 0 aliphatic carbocycles. The van der Waals surface area contributed by atoms with E-state index in [2.05, 4.69) is 0 Å². The molecule has 5 nitrogen and oxygen atoms in total. The number of likely N-dealkylation sites (tertiary alicyclic amines) is 1. The van der Waals surface area contributed by atoms with Gasteiger partial charge >= 0.3 is 0 Å². The molecular formula is C13H22N2O3. The molecule has 0 bridgehead atoms. The zero-order valence-electron chi connectivity index (χ0n) is 11.1. The monoisotopic (exact) mass is 254 g/mol. The zero-order chi connectivity index (χ0) is 13.0. The van der Waals surface area contributed by atoms with Crippen LogP contribution in [-0.2, 0) is 14.3 Å². The number of ether oxygens (including phenoxy) is 1. The highest BCUT2D eigenvalue weighted by Crippen LogP contribution is 2.20. The molecule has 2 aliphatic heterocycles. The van der Waals surface area contributed by atoms with E-state index in [4.69, 9.17) is 4.74 Å². The third-order valence-electron chi connectivity index (χ3n) is 3.75. The fraction of sp³-hybridized carbons (Fsp3) is 0.846. The summed E-state index contributed by atoms with van der Waals surface area (Å²) in [5.41, 5.74) is 0. The maximum Gasteiger partial charge on any atom is 0.227 e. The highest BCUT2D eigenvalue weighted by molar-refractivity contribution is 5.81. The van der Waals surface area contributed by atoms with E-state index in [1.807, 2.05) is 16.7 Å². The van der Waals surface area contributed by atoms with Crippen LogP contribution in [-0.4, -0.2) is 61.0 Å². The highest BCUT2D eigenvalue weighted by atomic mass is 16.5. The van der Waals surface area contributed by atoms with E-state index in [9.17, 15) is 9.59 Å². The summed E-state index contributed by atoms with van der Waals surface area (Å²) < 4.78 is 5.26. The van der Waals surface area contributed by atoms with Crippen LogP contribution in [0.15, 0.2) is 0 Å². The van der Waals surface area contributed by atoms with Gasteiger partial charge in [0, 0.05) is 32.6 Å². The molecule has 0 aromatic rings. The van der Waals surface area contributed by atoms with E-state index in [0.717, 1.165) is 19.4 Å². The molecule has 0 aromatic carbocycles. The number of piperidine rings is 1. The van der Waals surface area contributed by atoms with E-state index < -0.39 is 0 Å². The van der Waals surface area contributed by atoms with Crippen molar-refractivity contribution in [1.29, 1.82) is 0 Å². The first-order valence-electron chi connectivity index (χ1n) is 6.86. The Labute approximate surface area is 108 Å². The van der Waals surface area contributed by atoms with Gasteiger partial charge in [0.25, 0.3) is 0 Å². The van der Waals surface area contributed by atoms with Gasteiger partial charge in [0.1, 0.15) is 0 Å². The maximum atomic E-state index is 12.3. The zero-order valence-corrected chi connectivity index (χ0v) is 11.1. The Balaban J connectivity index is 1.91. The molecule has 102 valence electrons. The lowest BCUT2D eigenvalue weighted by Gasteiger charge is -2.36. The Bertz CT molecular complexity index is 313. The summed E-state index contributed by atoms with van der Waals surface area (Å²) in [4.78, 5) is 27.8. The van der Waals surface area contributed by atoms with E-state index in [1.54, 1.807) is 0 Å². The minimum atomic E-state index is -0.00708. The van der Waals surface area contributed by atoms with Crippen LogP contribution < -0.4 is 0 Å². The quantitative estimate of drug-likeness (QED) is 0.721. The first kappa shape index (κ1) is 13.3. The van der Waals surface area contributed by atoms with Crippen LogP contribution in [0.3, 0.4) is 0 Å². The number of amides is 2. The van der Waals surface area contributed by atoms with Gasteiger partial charge in [-0.1, -0.05) is 6.92 Å². The molecule has 0 saturated carbocycles. The van der Waals surface area contributed by atoms with Crippen molar-refractivity contribution < 1.29 is 14.3 Å². The lowest BCUT2D eigenvalue weighted by molar-refractivity contribution is -0.143. The van der Waals surface area contributed by atoms with Gasteiger partial charge in [-0.15, -0.1) is 0 Å². The Hall–Kier alpha value is -1.10. The molecule has 2 rings (SSSR count). The van der Waals surface area contributed by atoms with Gasteiger partial charge < -0.3 is 14.5 Å². The molecule has 5 heteroatoms. The Morgan fingerprint density at radius 3 is 2.56 bits per heavy atom. The second-order valence-electron chi connectivity index (χ2n) is 4.97. The largest absolute Gasteiger partial charge is 0.378 e. The molecule has 2 amide bonds. The smallest absolute Gasteiger partial charge is 0.227 e. The van der Waals surface area contributed by atoms with E-state index in [1.165, 1.54) is 0 Å². The summed E-state index contributed by atoms with van der Waals surface area (Å²) in [7, 11) is 0. The third-order valence-corrected chi connectivity index (χ3v) is 3.75. The Morgan fingerprint density at radius 2 is 1.89 bits per heavy atom. The van der Waals surface area contributed by atoms with Gasteiger partial charge in [0.05, 0.1) is 19.1 Å². The van der Waals surface area contributed by atoms with Crippen molar-refractivity contribution in [2.45, 2.75) is 26.2 Å². The minimum Gasteiger partial charge on any atom is -0.378 e. The Morgan fingerprint density at radius 1 is 1.17 bits per heavy atom. The summed E-state index contributed by atoms with van der Waals surface area (Å²) in [6.45, 7) is 5.93. The first-order valence-corrected chi connectivity index (χ1v) is 6.86. The van der Waals surface area contributed by atoms with Crippen LogP contribution in [0.1, 0.15) is 26.2 Å². The average Bonchev–Trinajstić information content (AvgIpc) is 2.46. The van der Waals surface area contributed by atoms with Gasteiger partial charge in [-0.05, 0) is 12.8 Å². The highest BCUT2D eigenvalue weighted by Gasteiger charge is 2.31. The SMILES string of the molecule is CCC(=O)N1CCC[C@H](C(=O)N2CCOCC2)C1. The Kier molecular flexibility index (Phi) is 4.58. The fourth-order valence-corrected chi connectivity index (χ4v) is 2.67. The van der Waals surface area contributed by atoms with Crippen LogP contribution in [0, 0.1) is 5.92 Å². The standard InChI is InChI=1S/C13H22N2O3/c1-2-12(16)15-5-3-4-11(10-15)13(17)14-6-8-18-9-7-14/h11H,2-10H2,1H3/t11-/m0/s1. The molecule has 0 aromatic heterocycles. The van der Waals surface area contributed by atoms with Crippen molar-refractivity contribution in [1.82, 2.24) is 9.80 Å². The van der Waals surface area contributed by atoms with Crippen LogP contribution >= 0.6 is 0 Å². The first-order chi connectivity index (χ1) is 8.72. The fourth-order valence-electron chi connectivity index (χ4n) is 2.67. The van der Waals surface area contributed by atoms with Crippen molar-refractivity contribution in [2.24, 2.45) is 5.92 Å². The molecule has 2 saturated heterocycles. The predicted octanol–water partition coefficient (Wildman–Crippen LogP) is 0.494. The normalized spacial score (nSPS) is 25.1. The van der Waals surface area contributed by atoms with Crippen molar-refractivity contribution in [3.05, 3.63) is 0 Å². The number of carbonyl (C=O) groups is 2. The molecule has 2 aliphatic rings. The van der Waals surface area contributed by atoms with Gasteiger partial charge in [-0.25, -0.2) is 0 Å². The number of morpholine rings is 1. The van der Waals surface area contributed by atoms with Gasteiger partial charge in [0.15, 0.2) is 0 Å². The second kappa shape index (κ2) is 6.18. The summed E-state index contributed by atoms with van der Waals surface area (Å²) in [5, 5.41) is 0. The van der Waals surface area contributed by atoms with Gasteiger partial charge in [-0.2, -0.15) is 0 Å². The summed E-state index contributed by atoms with van der Waals surface area (Å²) >= 11 is 0. The number of nitrogens with zero attached hydrogens (tertiary/aromatic N) is 2. The minimum absolute atomic E-state index is 0.00708. The maximum absolute atomic E-state index is 12.3. The lowest BCUT2D eigenvalue weighted by Crippen LogP contribution is -2.49. The van der Waals surface area contributed by atoms with Crippen molar-refractivity contribution in [3.63, 3.8) is 0 Å². The summed E-state index contributed by atoms with van der Waals surface area (Å²) in [5.74, 6) is 0.355. The molecule has 0 spiro atoms. The summed E-state index contributed by atoms with van der Waals surface area (Å²) in [6, 6.07) is 0. The average molecular weight is 254 g/mol. The molecule has 0 unspecified atom stereocenters. The van der Waals surface area contributed by atoms with Crippen LogP contribution in [0.4, 0.5) is 0 Å². The number of hydrogen-bond acceptors (Lipinski definition) is 3. The molecule has 2 heterocycles. The molecule has 1 atom stereocenters. The van der Waals surface area contributed by atoms with Gasteiger partial charge in [0.2, 0.25) is 11.8 Å². The third kappa shape index (κ3) is 3.02. The van der Waals surface area contributed by atoms with E-state index in [-0.39, 0.29) is 17.7 Å². The molecule has 0 N–H and O–H groups in total. The molecule has 2 fully saturated rings. The van der Waals surface area contributed by atoms with E-state index in [0.29, 0.717) is 39.3 Å². The van der Waals surface area contributed by atoms with Crippen molar-refractivity contribution >= 4 is 11.8 Å². The topological polar surface area (TPSA) is 49.9 Å². The number of rotatable bonds is 2. The van der Waals surface area contributed by atoms with Gasteiger partial charge in [-0.3, -0.25) is 9.59 Å². The second-order valence-corrected chi connectivity index (χ2v) is 4.97. The van der Waals surface area contributed by atoms with Crippen molar-refractivity contribution in [2.75, 3.05) is 39.4 Å². The number of carbonyl (C=O) groups excluding carboxylic acids is 2. The predicted molar refractivity (Wildman–Crippen MR) is 67.0 cm³/mol. The van der Waals surface area contributed by atoms with Crippen LogP contribution in [0.2, 0.25) is 0 Å².